The fourth-order valence-corrected chi connectivity index (χ4v) is 4.92. The lowest BCUT2D eigenvalue weighted by Gasteiger charge is -2.36. The molecule has 0 spiro atoms. The number of methoxy groups -OCH3 is 3. The van der Waals surface area contributed by atoms with Crippen molar-refractivity contribution in [3.05, 3.63) is 40.0 Å². The van der Waals surface area contributed by atoms with Gasteiger partial charge in [0.1, 0.15) is 16.6 Å². The number of anilines is 1. The molecule has 2 aliphatic heterocycles. The number of guanidine groups is 1. The van der Waals surface area contributed by atoms with Gasteiger partial charge in [-0.3, -0.25) is 5.32 Å². The molecule has 0 bridgehead atoms. The highest BCUT2D eigenvalue weighted by molar-refractivity contribution is 7.17. The van der Waals surface area contributed by atoms with Crippen molar-refractivity contribution in [3.63, 3.8) is 0 Å². The molecule has 37 heavy (non-hydrogen) atoms. The Bertz CT molecular complexity index is 1180. The van der Waals surface area contributed by atoms with Crippen LogP contribution in [0.1, 0.15) is 27.9 Å². The smallest absolute Gasteiger partial charge is 0.347 e. The molecule has 13 heteroatoms. The van der Waals surface area contributed by atoms with Gasteiger partial charge in [0.25, 0.3) is 0 Å². The monoisotopic (exact) mass is 532 g/mol. The van der Waals surface area contributed by atoms with Crippen LogP contribution in [0.3, 0.4) is 0 Å². The summed E-state index contributed by atoms with van der Waals surface area (Å²) in [6, 6.07) is 3.77. The molecule has 0 radical (unpaired) electrons. The van der Waals surface area contributed by atoms with Gasteiger partial charge in [-0.05, 0) is 37.6 Å². The van der Waals surface area contributed by atoms with Crippen molar-refractivity contribution < 1.29 is 28.8 Å². The predicted molar refractivity (Wildman–Crippen MR) is 140 cm³/mol. The fourth-order valence-electron chi connectivity index (χ4n) is 4.11. The van der Waals surface area contributed by atoms with Gasteiger partial charge in [-0.2, -0.15) is 0 Å². The van der Waals surface area contributed by atoms with Crippen LogP contribution in [0.5, 0.6) is 17.2 Å². The molecule has 0 aliphatic carbocycles. The molecule has 3 heterocycles. The summed E-state index contributed by atoms with van der Waals surface area (Å²) in [7, 11) is 4.73. The SMILES string of the molecule is COc1cc(CNC2(C)C=C(C3CNCCO3)N=C(Nc3nc(C)c(C(=O)O)s3)N2)cc(OC)c1OC. The van der Waals surface area contributed by atoms with E-state index in [1.807, 2.05) is 25.1 Å². The average Bonchev–Trinajstić information content (AvgIpc) is 3.26. The minimum absolute atomic E-state index is 0.178. The lowest BCUT2D eigenvalue weighted by Crippen LogP contribution is -2.59. The summed E-state index contributed by atoms with van der Waals surface area (Å²) in [4.78, 5) is 20.7. The molecule has 1 aromatic heterocycles. The molecule has 2 unspecified atom stereocenters. The van der Waals surface area contributed by atoms with E-state index in [2.05, 4.69) is 26.3 Å². The molecular formula is C24H32N6O6S. The second kappa shape index (κ2) is 11.3. The van der Waals surface area contributed by atoms with E-state index in [0.717, 1.165) is 29.1 Å². The normalized spacial score (nSPS) is 21.4. The van der Waals surface area contributed by atoms with Crippen molar-refractivity contribution in [2.24, 2.45) is 4.99 Å². The van der Waals surface area contributed by atoms with Crippen LogP contribution < -0.4 is 35.5 Å². The maximum Gasteiger partial charge on any atom is 0.347 e. The van der Waals surface area contributed by atoms with Gasteiger partial charge in [0, 0.05) is 19.6 Å². The first-order chi connectivity index (χ1) is 17.7. The second-order valence-corrected chi connectivity index (χ2v) is 9.67. The Kier molecular flexibility index (Phi) is 8.17. The zero-order valence-electron chi connectivity index (χ0n) is 21.4. The number of hydrogen-bond acceptors (Lipinski definition) is 12. The molecule has 12 nitrogen and oxygen atoms in total. The number of thiazole rings is 1. The highest BCUT2D eigenvalue weighted by Crippen LogP contribution is 2.38. The highest BCUT2D eigenvalue weighted by Gasteiger charge is 2.32. The van der Waals surface area contributed by atoms with Crippen LogP contribution in [0.2, 0.25) is 0 Å². The van der Waals surface area contributed by atoms with Gasteiger partial charge in [-0.1, -0.05) is 11.3 Å². The van der Waals surface area contributed by atoms with Crippen molar-refractivity contribution in [2.75, 3.05) is 46.3 Å². The Balaban J connectivity index is 1.59. The van der Waals surface area contributed by atoms with Crippen LogP contribution in [0.15, 0.2) is 28.9 Å². The van der Waals surface area contributed by atoms with Gasteiger partial charge < -0.3 is 40.0 Å². The van der Waals surface area contributed by atoms with Crippen LogP contribution in [-0.4, -0.2) is 74.8 Å². The van der Waals surface area contributed by atoms with E-state index in [4.69, 9.17) is 23.9 Å². The van der Waals surface area contributed by atoms with Crippen molar-refractivity contribution in [3.8, 4) is 17.2 Å². The first kappa shape index (κ1) is 26.7. The Morgan fingerprint density at radius 1 is 1.27 bits per heavy atom. The number of aliphatic imine (C=N–C) groups is 1. The number of carboxylic acids is 1. The molecule has 200 valence electrons. The third kappa shape index (κ3) is 6.13. The second-order valence-electron chi connectivity index (χ2n) is 8.67. The highest BCUT2D eigenvalue weighted by atomic mass is 32.1. The Hall–Kier alpha value is -3.39. The number of nitrogens with zero attached hydrogens (tertiary/aromatic N) is 2. The number of nitrogens with one attached hydrogen (secondary N) is 4. The molecule has 2 aliphatic rings. The van der Waals surface area contributed by atoms with E-state index in [1.165, 1.54) is 0 Å². The Morgan fingerprint density at radius 2 is 2.00 bits per heavy atom. The van der Waals surface area contributed by atoms with Crippen LogP contribution in [0.25, 0.3) is 0 Å². The first-order valence-corrected chi connectivity index (χ1v) is 12.5. The van der Waals surface area contributed by atoms with E-state index in [9.17, 15) is 9.90 Å². The number of hydrogen-bond donors (Lipinski definition) is 5. The molecule has 1 fully saturated rings. The van der Waals surface area contributed by atoms with Crippen LogP contribution in [0.4, 0.5) is 5.13 Å². The number of benzene rings is 1. The molecule has 2 atom stereocenters. The minimum atomic E-state index is -1.01. The fraction of sp³-hybridized carbons (Fsp3) is 0.458. The van der Waals surface area contributed by atoms with E-state index in [-0.39, 0.29) is 11.0 Å². The molecule has 1 aromatic carbocycles. The molecule has 1 saturated heterocycles. The summed E-state index contributed by atoms with van der Waals surface area (Å²) >= 11 is 1.05. The van der Waals surface area contributed by atoms with Crippen LogP contribution >= 0.6 is 11.3 Å². The largest absolute Gasteiger partial charge is 0.493 e. The number of carboxylic acid groups (broad SMARTS) is 1. The van der Waals surface area contributed by atoms with Crippen molar-refractivity contribution in [1.29, 1.82) is 0 Å². The standard InChI is InChI=1S/C24H32N6O6S/c1-13-20(21(31)32)37-23(27-13)29-22-28-15(18-12-25-6-7-36-18)10-24(2,30-22)26-11-14-8-16(33-3)19(35-5)17(9-14)34-4/h8-10,18,25-26H,6-7,11-12H2,1-5H3,(H,31,32)(H2,27,28,29,30). The van der Waals surface area contributed by atoms with Gasteiger partial charge in [-0.25, -0.2) is 14.8 Å². The topological polar surface area (TPSA) is 148 Å². The number of ether oxygens (including phenoxy) is 4. The van der Waals surface area contributed by atoms with Gasteiger partial charge in [0.15, 0.2) is 16.6 Å². The third-order valence-electron chi connectivity index (χ3n) is 5.91. The Morgan fingerprint density at radius 3 is 2.57 bits per heavy atom. The number of morpholine rings is 1. The number of rotatable bonds is 9. The Labute approximate surface area is 219 Å². The molecule has 5 N–H and O–H groups in total. The van der Waals surface area contributed by atoms with Crippen molar-refractivity contribution in [1.82, 2.24) is 20.9 Å². The lowest BCUT2D eigenvalue weighted by atomic mass is 10.1. The average molecular weight is 533 g/mol. The van der Waals surface area contributed by atoms with Gasteiger partial charge in [-0.15, -0.1) is 0 Å². The van der Waals surface area contributed by atoms with Crippen molar-refractivity contribution >= 4 is 28.4 Å². The number of aromatic nitrogens is 1. The lowest BCUT2D eigenvalue weighted by molar-refractivity contribution is 0.0500. The quantitative estimate of drug-likeness (QED) is 0.323. The summed E-state index contributed by atoms with van der Waals surface area (Å²) in [5.74, 6) is 1.07. The van der Waals surface area contributed by atoms with Crippen molar-refractivity contribution in [2.45, 2.75) is 32.2 Å². The summed E-state index contributed by atoms with van der Waals surface area (Å²) in [5.41, 5.74) is 1.36. The molecule has 4 rings (SSSR count). The van der Waals surface area contributed by atoms with E-state index in [0.29, 0.717) is 53.7 Å². The van der Waals surface area contributed by atoms with Gasteiger partial charge in [0.05, 0.1) is 39.3 Å². The number of carbonyl (C=O) groups is 1. The third-order valence-corrected chi connectivity index (χ3v) is 6.97. The van der Waals surface area contributed by atoms with Gasteiger partial charge in [0.2, 0.25) is 11.7 Å². The summed E-state index contributed by atoms with van der Waals surface area (Å²) < 4.78 is 22.3. The maximum absolute atomic E-state index is 11.5. The summed E-state index contributed by atoms with van der Waals surface area (Å²) in [5, 5.41) is 23.2. The van der Waals surface area contributed by atoms with E-state index in [1.54, 1.807) is 28.3 Å². The minimum Gasteiger partial charge on any atom is -0.493 e. The van der Waals surface area contributed by atoms with E-state index < -0.39 is 11.6 Å². The van der Waals surface area contributed by atoms with Crippen LogP contribution in [0, 0.1) is 6.92 Å². The first-order valence-electron chi connectivity index (χ1n) is 11.7. The predicted octanol–water partition coefficient (Wildman–Crippen LogP) is 1.92. The molecule has 0 amide bonds. The van der Waals surface area contributed by atoms with Crippen LogP contribution in [-0.2, 0) is 11.3 Å². The molecule has 0 saturated carbocycles. The molecular weight excluding hydrogens is 500 g/mol. The number of aromatic carboxylic acids is 1. The summed E-state index contributed by atoms with van der Waals surface area (Å²) in [6.45, 7) is 6.09. The van der Waals surface area contributed by atoms with E-state index >= 15 is 0 Å². The summed E-state index contributed by atoms with van der Waals surface area (Å²) in [6.07, 6.45) is 1.76. The number of aryl methyl sites for hydroxylation is 1. The van der Waals surface area contributed by atoms with Gasteiger partial charge >= 0.3 is 5.97 Å². The molecule has 2 aromatic rings. The maximum atomic E-state index is 11.5. The zero-order chi connectivity index (χ0) is 26.6. The zero-order valence-corrected chi connectivity index (χ0v) is 22.2.